The summed E-state index contributed by atoms with van der Waals surface area (Å²) in [6.07, 6.45) is -0.500. The second-order valence-corrected chi connectivity index (χ2v) is 4.88. The van der Waals surface area contributed by atoms with Crippen LogP contribution in [-0.4, -0.2) is 17.9 Å². The predicted molar refractivity (Wildman–Crippen MR) is 84.7 cm³/mol. The lowest BCUT2D eigenvalue weighted by Crippen LogP contribution is -2.32. The van der Waals surface area contributed by atoms with Crippen LogP contribution < -0.4 is 15.8 Å². The number of amides is 2. The molecular weight excluding hydrogens is 299 g/mol. The van der Waals surface area contributed by atoms with Crippen LogP contribution in [0.5, 0.6) is 5.75 Å². The van der Waals surface area contributed by atoms with Crippen molar-refractivity contribution in [3.05, 3.63) is 59.9 Å². The van der Waals surface area contributed by atoms with E-state index in [4.69, 9.17) is 10.5 Å². The molecule has 3 N–H and O–H groups in total. The number of rotatable bonds is 6. The average Bonchev–Trinajstić information content (AvgIpc) is 2.54. The Morgan fingerprint density at radius 3 is 2.61 bits per heavy atom. The molecule has 0 spiro atoms. The van der Waals surface area contributed by atoms with Gasteiger partial charge in [-0.1, -0.05) is 25.1 Å². The van der Waals surface area contributed by atoms with Crippen molar-refractivity contribution in [2.24, 2.45) is 5.73 Å². The summed E-state index contributed by atoms with van der Waals surface area (Å²) >= 11 is 0. The van der Waals surface area contributed by atoms with E-state index in [1.54, 1.807) is 37.3 Å². The molecule has 0 aliphatic carbocycles. The first-order chi connectivity index (χ1) is 11.0. The highest BCUT2D eigenvalue weighted by Gasteiger charge is 2.20. The van der Waals surface area contributed by atoms with E-state index in [-0.39, 0.29) is 11.3 Å². The molecule has 0 bridgehead atoms. The molecule has 0 aliphatic heterocycles. The van der Waals surface area contributed by atoms with Crippen molar-refractivity contribution in [3.63, 3.8) is 0 Å². The van der Waals surface area contributed by atoms with Crippen molar-refractivity contribution in [1.82, 2.24) is 0 Å². The minimum Gasteiger partial charge on any atom is -0.478 e. The van der Waals surface area contributed by atoms with Gasteiger partial charge in [0.25, 0.3) is 5.91 Å². The standard InChI is InChI=1S/C17H17FN2O3/c1-2-14(23-15-9-4-3-8-13(15)18)17(22)20-12-7-5-6-11(10-12)16(19)21/h3-10,14H,2H2,1H3,(H2,19,21)(H,20,22). The summed E-state index contributed by atoms with van der Waals surface area (Å²) in [5.41, 5.74) is 5.90. The number of hydrogen-bond acceptors (Lipinski definition) is 3. The molecule has 2 aromatic carbocycles. The normalized spacial score (nSPS) is 11.6. The fourth-order valence-corrected chi connectivity index (χ4v) is 1.99. The van der Waals surface area contributed by atoms with Crippen LogP contribution in [0.4, 0.5) is 10.1 Å². The van der Waals surface area contributed by atoms with Crippen LogP contribution in [0.25, 0.3) is 0 Å². The number of nitrogens with one attached hydrogen (secondary N) is 1. The lowest BCUT2D eigenvalue weighted by atomic mass is 10.2. The summed E-state index contributed by atoms with van der Waals surface area (Å²) in [6.45, 7) is 1.75. The van der Waals surface area contributed by atoms with E-state index in [1.807, 2.05) is 0 Å². The Kier molecular flexibility index (Phi) is 5.30. The Morgan fingerprint density at radius 1 is 1.22 bits per heavy atom. The first-order valence-corrected chi connectivity index (χ1v) is 7.13. The smallest absolute Gasteiger partial charge is 0.265 e. The van der Waals surface area contributed by atoms with Crippen molar-refractivity contribution in [2.75, 3.05) is 5.32 Å². The summed E-state index contributed by atoms with van der Waals surface area (Å²) in [7, 11) is 0. The molecule has 0 aliphatic rings. The summed E-state index contributed by atoms with van der Waals surface area (Å²) in [6, 6.07) is 12.1. The monoisotopic (exact) mass is 316 g/mol. The Bertz CT molecular complexity index is 718. The minimum absolute atomic E-state index is 0.0142. The van der Waals surface area contributed by atoms with Gasteiger partial charge in [0.15, 0.2) is 17.7 Å². The molecule has 0 saturated carbocycles. The number of primary amides is 1. The molecule has 1 atom stereocenters. The van der Waals surface area contributed by atoms with Crippen molar-refractivity contribution in [1.29, 1.82) is 0 Å². The SMILES string of the molecule is CCC(Oc1ccccc1F)C(=O)Nc1cccc(C(N)=O)c1. The molecule has 120 valence electrons. The average molecular weight is 316 g/mol. The van der Waals surface area contributed by atoms with Crippen LogP contribution in [0, 0.1) is 5.82 Å². The van der Waals surface area contributed by atoms with Gasteiger partial charge in [0.1, 0.15) is 0 Å². The summed E-state index contributed by atoms with van der Waals surface area (Å²) in [4.78, 5) is 23.4. The lowest BCUT2D eigenvalue weighted by Gasteiger charge is -2.17. The number of carbonyl (C=O) groups excluding carboxylic acids is 2. The molecule has 23 heavy (non-hydrogen) atoms. The van der Waals surface area contributed by atoms with Crippen molar-refractivity contribution >= 4 is 17.5 Å². The fourth-order valence-electron chi connectivity index (χ4n) is 1.99. The van der Waals surface area contributed by atoms with Crippen molar-refractivity contribution < 1.29 is 18.7 Å². The van der Waals surface area contributed by atoms with Crippen molar-refractivity contribution in [3.8, 4) is 5.75 Å². The van der Waals surface area contributed by atoms with Crippen molar-refractivity contribution in [2.45, 2.75) is 19.4 Å². The zero-order chi connectivity index (χ0) is 16.8. The van der Waals surface area contributed by atoms with Crippen LogP contribution in [0.3, 0.4) is 0 Å². The summed E-state index contributed by atoms with van der Waals surface area (Å²) in [5, 5.41) is 2.63. The van der Waals surface area contributed by atoms with Crippen LogP contribution in [0.2, 0.25) is 0 Å². The van der Waals surface area contributed by atoms with Gasteiger partial charge in [0.2, 0.25) is 5.91 Å². The molecule has 0 fully saturated rings. The van der Waals surface area contributed by atoms with Crippen LogP contribution >= 0.6 is 0 Å². The highest BCUT2D eigenvalue weighted by atomic mass is 19.1. The van der Waals surface area contributed by atoms with Gasteiger partial charge in [0, 0.05) is 11.3 Å². The molecule has 0 saturated heterocycles. The maximum Gasteiger partial charge on any atom is 0.265 e. The molecular formula is C17H17FN2O3. The van der Waals surface area contributed by atoms with E-state index < -0.39 is 23.7 Å². The third kappa shape index (κ3) is 4.29. The number of nitrogens with two attached hydrogens (primary N) is 1. The lowest BCUT2D eigenvalue weighted by molar-refractivity contribution is -0.122. The highest BCUT2D eigenvalue weighted by molar-refractivity contribution is 5.97. The molecule has 1 unspecified atom stereocenters. The van der Waals surface area contributed by atoms with Gasteiger partial charge in [-0.3, -0.25) is 9.59 Å². The second kappa shape index (κ2) is 7.40. The minimum atomic E-state index is -0.857. The number of halogens is 1. The van der Waals surface area contributed by atoms with Gasteiger partial charge in [-0.05, 0) is 36.8 Å². The zero-order valence-electron chi connectivity index (χ0n) is 12.6. The van der Waals surface area contributed by atoms with Crippen LogP contribution in [0.1, 0.15) is 23.7 Å². The third-order valence-corrected chi connectivity index (χ3v) is 3.18. The molecule has 2 rings (SSSR count). The number of carbonyl (C=O) groups is 2. The van der Waals surface area contributed by atoms with Gasteiger partial charge in [-0.2, -0.15) is 0 Å². The summed E-state index contributed by atoms with van der Waals surface area (Å²) < 4.78 is 19.0. The van der Waals surface area contributed by atoms with E-state index in [0.29, 0.717) is 12.1 Å². The molecule has 5 nitrogen and oxygen atoms in total. The maximum absolute atomic E-state index is 13.6. The Hall–Kier alpha value is -2.89. The number of para-hydroxylation sites is 1. The van der Waals surface area contributed by atoms with E-state index in [1.165, 1.54) is 18.2 Å². The fraction of sp³-hybridized carbons (Fsp3) is 0.176. The Labute approximate surface area is 133 Å². The quantitative estimate of drug-likeness (QED) is 0.859. The van der Waals surface area contributed by atoms with Gasteiger partial charge in [-0.15, -0.1) is 0 Å². The molecule has 0 radical (unpaired) electrons. The van der Waals surface area contributed by atoms with E-state index in [9.17, 15) is 14.0 Å². The van der Waals surface area contributed by atoms with E-state index in [2.05, 4.69) is 5.32 Å². The Morgan fingerprint density at radius 2 is 1.96 bits per heavy atom. The molecule has 0 aromatic heterocycles. The maximum atomic E-state index is 13.6. The summed E-state index contributed by atoms with van der Waals surface area (Å²) in [5.74, 6) is -1.54. The van der Waals surface area contributed by atoms with E-state index >= 15 is 0 Å². The third-order valence-electron chi connectivity index (χ3n) is 3.18. The predicted octanol–water partition coefficient (Wildman–Crippen LogP) is 2.72. The highest BCUT2D eigenvalue weighted by Crippen LogP contribution is 2.19. The number of hydrogen-bond donors (Lipinski definition) is 2. The van der Waals surface area contributed by atoms with Gasteiger partial charge < -0.3 is 15.8 Å². The number of anilines is 1. The largest absolute Gasteiger partial charge is 0.478 e. The number of ether oxygens (including phenoxy) is 1. The van der Waals surface area contributed by atoms with Gasteiger partial charge >= 0.3 is 0 Å². The zero-order valence-corrected chi connectivity index (χ0v) is 12.6. The van der Waals surface area contributed by atoms with Gasteiger partial charge in [-0.25, -0.2) is 4.39 Å². The molecule has 2 aromatic rings. The second-order valence-electron chi connectivity index (χ2n) is 4.88. The van der Waals surface area contributed by atoms with Gasteiger partial charge in [0.05, 0.1) is 0 Å². The number of benzene rings is 2. The topological polar surface area (TPSA) is 81.4 Å². The molecule has 6 heteroatoms. The molecule has 0 heterocycles. The Balaban J connectivity index is 2.10. The van der Waals surface area contributed by atoms with Crippen LogP contribution in [-0.2, 0) is 4.79 Å². The van der Waals surface area contributed by atoms with E-state index in [0.717, 1.165) is 0 Å². The first kappa shape index (κ1) is 16.5. The first-order valence-electron chi connectivity index (χ1n) is 7.13. The van der Waals surface area contributed by atoms with Crippen LogP contribution in [0.15, 0.2) is 48.5 Å². The molecule has 2 amide bonds.